The van der Waals surface area contributed by atoms with Crippen LogP contribution in [0.15, 0.2) is 60.7 Å². The van der Waals surface area contributed by atoms with Crippen molar-refractivity contribution in [2.75, 3.05) is 13.2 Å². The molecule has 0 aliphatic rings. The Morgan fingerprint density at radius 2 is 1.43 bits per heavy atom. The lowest BCUT2D eigenvalue weighted by Crippen LogP contribution is -2.29. The summed E-state index contributed by atoms with van der Waals surface area (Å²) in [6.45, 7) is 5.98. The van der Waals surface area contributed by atoms with Gasteiger partial charge in [0.05, 0.1) is 6.61 Å². The summed E-state index contributed by atoms with van der Waals surface area (Å²) in [5.74, 6) is 0. The molecule has 0 fully saturated rings. The molecular formula is C19H25NO. The van der Waals surface area contributed by atoms with Gasteiger partial charge in [-0.2, -0.15) is 0 Å². The quantitative estimate of drug-likeness (QED) is 0.734. The van der Waals surface area contributed by atoms with Crippen LogP contribution in [0, 0.1) is 0 Å². The van der Waals surface area contributed by atoms with E-state index in [4.69, 9.17) is 4.74 Å². The standard InChI is InChI=1S/C19H25NO/c1-3-16(2)20-14-15-21-19(17-10-6-4-7-11-17)18-12-8-5-9-13-18/h4-13,16,19-20H,3,14-15H2,1-2H3/t16-/m1/s1. The van der Waals surface area contributed by atoms with Crippen LogP contribution in [0.2, 0.25) is 0 Å². The van der Waals surface area contributed by atoms with Gasteiger partial charge in [0.1, 0.15) is 6.10 Å². The number of benzene rings is 2. The predicted molar refractivity (Wildman–Crippen MR) is 88.4 cm³/mol. The second-order valence-corrected chi connectivity index (χ2v) is 5.34. The lowest BCUT2D eigenvalue weighted by Gasteiger charge is -2.20. The normalized spacial score (nSPS) is 12.5. The Balaban J connectivity index is 2.00. The summed E-state index contributed by atoms with van der Waals surface area (Å²) in [6, 6.07) is 21.4. The van der Waals surface area contributed by atoms with Gasteiger partial charge >= 0.3 is 0 Å². The molecule has 0 aliphatic carbocycles. The fraction of sp³-hybridized carbons (Fsp3) is 0.368. The van der Waals surface area contributed by atoms with E-state index >= 15 is 0 Å². The van der Waals surface area contributed by atoms with E-state index in [0.717, 1.165) is 13.0 Å². The molecule has 2 aromatic rings. The minimum absolute atomic E-state index is 0.00568. The maximum Gasteiger partial charge on any atom is 0.108 e. The third-order valence-corrected chi connectivity index (χ3v) is 3.70. The minimum atomic E-state index is 0.00568. The van der Waals surface area contributed by atoms with Crippen LogP contribution in [0.4, 0.5) is 0 Å². The zero-order valence-corrected chi connectivity index (χ0v) is 13.0. The highest BCUT2D eigenvalue weighted by Gasteiger charge is 2.13. The fourth-order valence-electron chi connectivity index (χ4n) is 2.27. The van der Waals surface area contributed by atoms with Crippen molar-refractivity contribution in [2.24, 2.45) is 0 Å². The van der Waals surface area contributed by atoms with E-state index in [9.17, 15) is 0 Å². The molecule has 21 heavy (non-hydrogen) atoms. The van der Waals surface area contributed by atoms with Crippen LogP contribution in [-0.4, -0.2) is 19.2 Å². The van der Waals surface area contributed by atoms with E-state index in [0.29, 0.717) is 12.6 Å². The SMILES string of the molecule is CC[C@@H](C)NCCOC(c1ccccc1)c1ccccc1. The van der Waals surface area contributed by atoms with E-state index in [1.54, 1.807) is 0 Å². The molecule has 2 heteroatoms. The number of hydrogen-bond acceptors (Lipinski definition) is 2. The molecule has 0 saturated heterocycles. The number of rotatable bonds is 8. The zero-order chi connectivity index (χ0) is 14.9. The third-order valence-electron chi connectivity index (χ3n) is 3.70. The summed E-state index contributed by atoms with van der Waals surface area (Å²) < 4.78 is 6.15. The summed E-state index contributed by atoms with van der Waals surface area (Å²) in [6.07, 6.45) is 1.15. The van der Waals surface area contributed by atoms with Crippen molar-refractivity contribution >= 4 is 0 Å². The maximum absolute atomic E-state index is 6.15. The lowest BCUT2D eigenvalue weighted by atomic mass is 10.0. The van der Waals surface area contributed by atoms with Gasteiger partial charge in [-0.05, 0) is 24.5 Å². The second kappa shape index (κ2) is 8.60. The van der Waals surface area contributed by atoms with E-state index < -0.39 is 0 Å². The van der Waals surface area contributed by atoms with Crippen LogP contribution in [0.3, 0.4) is 0 Å². The van der Waals surface area contributed by atoms with Crippen molar-refractivity contribution in [1.82, 2.24) is 5.32 Å². The van der Waals surface area contributed by atoms with Crippen LogP contribution < -0.4 is 5.32 Å². The van der Waals surface area contributed by atoms with E-state index in [1.165, 1.54) is 11.1 Å². The van der Waals surface area contributed by atoms with Gasteiger partial charge < -0.3 is 10.1 Å². The van der Waals surface area contributed by atoms with Gasteiger partial charge in [-0.1, -0.05) is 67.6 Å². The summed E-state index contributed by atoms with van der Waals surface area (Å²) in [5.41, 5.74) is 2.40. The molecule has 1 atom stereocenters. The summed E-state index contributed by atoms with van der Waals surface area (Å²) in [5, 5.41) is 3.47. The highest BCUT2D eigenvalue weighted by molar-refractivity contribution is 5.29. The summed E-state index contributed by atoms with van der Waals surface area (Å²) in [7, 11) is 0. The van der Waals surface area contributed by atoms with Gasteiger partial charge in [-0.25, -0.2) is 0 Å². The van der Waals surface area contributed by atoms with Crippen LogP contribution in [0.5, 0.6) is 0 Å². The Morgan fingerprint density at radius 3 is 1.90 bits per heavy atom. The first-order chi connectivity index (χ1) is 10.3. The molecule has 0 saturated carbocycles. The van der Waals surface area contributed by atoms with E-state index in [2.05, 4.69) is 67.7 Å². The molecule has 2 aromatic carbocycles. The van der Waals surface area contributed by atoms with E-state index in [1.807, 2.05) is 12.1 Å². The molecule has 2 nitrogen and oxygen atoms in total. The second-order valence-electron chi connectivity index (χ2n) is 5.34. The van der Waals surface area contributed by atoms with Gasteiger partial charge in [0.25, 0.3) is 0 Å². The molecule has 112 valence electrons. The first-order valence-electron chi connectivity index (χ1n) is 7.76. The Kier molecular flexibility index (Phi) is 6.45. The largest absolute Gasteiger partial charge is 0.367 e. The molecule has 0 aromatic heterocycles. The van der Waals surface area contributed by atoms with Crippen LogP contribution in [0.1, 0.15) is 37.5 Å². The first kappa shape index (κ1) is 15.7. The number of hydrogen-bond donors (Lipinski definition) is 1. The third kappa shape index (κ3) is 5.00. The summed E-state index contributed by atoms with van der Waals surface area (Å²) >= 11 is 0. The Labute approximate surface area is 128 Å². The van der Waals surface area contributed by atoms with Crippen molar-refractivity contribution < 1.29 is 4.74 Å². The maximum atomic E-state index is 6.15. The van der Waals surface area contributed by atoms with Crippen molar-refractivity contribution in [2.45, 2.75) is 32.4 Å². The summed E-state index contributed by atoms with van der Waals surface area (Å²) in [4.78, 5) is 0. The van der Waals surface area contributed by atoms with Crippen molar-refractivity contribution in [1.29, 1.82) is 0 Å². The Morgan fingerprint density at radius 1 is 0.905 bits per heavy atom. The van der Waals surface area contributed by atoms with Crippen molar-refractivity contribution in [3.8, 4) is 0 Å². The Hall–Kier alpha value is -1.64. The zero-order valence-electron chi connectivity index (χ0n) is 13.0. The minimum Gasteiger partial charge on any atom is -0.367 e. The predicted octanol–water partition coefficient (Wildman–Crippen LogP) is 4.18. The van der Waals surface area contributed by atoms with Crippen molar-refractivity contribution in [3.63, 3.8) is 0 Å². The fourth-order valence-corrected chi connectivity index (χ4v) is 2.27. The molecule has 0 aliphatic heterocycles. The molecule has 1 N–H and O–H groups in total. The molecule has 0 unspecified atom stereocenters. The number of ether oxygens (including phenoxy) is 1. The van der Waals surface area contributed by atoms with Gasteiger partial charge in [-0.3, -0.25) is 0 Å². The average molecular weight is 283 g/mol. The van der Waals surface area contributed by atoms with E-state index in [-0.39, 0.29) is 6.10 Å². The van der Waals surface area contributed by atoms with Gasteiger partial charge in [-0.15, -0.1) is 0 Å². The topological polar surface area (TPSA) is 21.3 Å². The van der Waals surface area contributed by atoms with Crippen LogP contribution >= 0.6 is 0 Å². The molecule has 0 spiro atoms. The lowest BCUT2D eigenvalue weighted by molar-refractivity contribution is 0.0808. The van der Waals surface area contributed by atoms with Crippen molar-refractivity contribution in [3.05, 3.63) is 71.8 Å². The van der Waals surface area contributed by atoms with Crippen LogP contribution in [0.25, 0.3) is 0 Å². The highest BCUT2D eigenvalue weighted by atomic mass is 16.5. The average Bonchev–Trinajstić information content (AvgIpc) is 2.56. The Bertz CT molecular complexity index is 458. The highest BCUT2D eigenvalue weighted by Crippen LogP contribution is 2.25. The number of nitrogens with one attached hydrogen (secondary N) is 1. The molecule has 0 radical (unpaired) electrons. The molecule has 2 rings (SSSR count). The van der Waals surface area contributed by atoms with Gasteiger partial charge in [0, 0.05) is 12.6 Å². The van der Waals surface area contributed by atoms with Gasteiger partial charge in [0.15, 0.2) is 0 Å². The molecule has 0 heterocycles. The first-order valence-corrected chi connectivity index (χ1v) is 7.76. The molecule has 0 bridgehead atoms. The smallest absolute Gasteiger partial charge is 0.108 e. The molecular weight excluding hydrogens is 258 g/mol. The van der Waals surface area contributed by atoms with Crippen LogP contribution in [-0.2, 0) is 4.74 Å². The van der Waals surface area contributed by atoms with Gasteiger partial charge in [0.2, 0.25) is 0 Å². The monoisotopic (exact) mass is 283 g/mol. The molecule has 0 amide bonds.